The fourth-order valence-corrected chi connectivity index (χ4v) is 2.55. The summed E-state index contributed by atoms with van der Waals surface area (Å²) in [7, 11) is 1.94. The minimum Gasteiger partial charge on any atom is -0.336 e. The molecule has 6 nitrogen and oxygen atoms in total. The number of halogens is 2. The summed E-state index contributed by atoms with van der Waals surface area (Å²) < 4.78 is 1.82. The van der Waals surface area contributed by atoms with Crippen LogP contribution >= 0.6 is 24.8 Å². The van der Waals surface area contributed by atoms with Crippen molar-refractivity contribution < 1.29 is 4.79 Å². The lowest BCUT2D eigenvalue weighted by Gasteiger charge is -2.32. The van der Waals surface area contributed by atoms with E-state index in [1.165, 1.54) is 0 Å². The molecule has 1 fully saturated rings. The van der Waals surface area contributed by atoms with Crippen molar-refractivity contribution in [2.45, 2.75) is 18.9 Å². The molecule has 116 valence electrons. The number of carbonyl (C=O) groups is 1. The second kappa shape index (κ2) is 7.59. The fourth-order valence-electron chi connectivity index (χ4n) is 2.55. The van der Waals surface area contributed by atoms with Gasteiger partial charge in [-0.1, -0.05) is 0 Å². The number of likely N-dealkylation sites (tertiary alicyclic amines) is 1. The lowest BCUT2D eigenvalue weighted by Crippen LogP contribution is -2.47. The second-order valence-corrected chi connectivity index (χ2v) is 4.81. The van der Waals surface area contributed by atoms with Crippen molar-refractivity contribution in [1.29, 1.82) is 0 Å². The molecule has 0 aliphatic carbocycles. The maximum atomic E-state index is 12.6. The summed E-state index contributed by atoms with van der Waals surface area (Å²) in [5, 5.41) is 3.24. The number of rotatable bonds is 2. The molecule has 0 aromatic carbocycles. The summed E-state index contributed by atoms with van der Waals surface area (Å²) in [6.45, 7) is 1.53. The smallest absolute Gasteiger partial charge is 0.276 e. The summed E-state index contributed by atoms with van der Waals surface area (Å²) in [5.41, 5.74) is 1.06. The molecule has 8 heteroatoms. The molecular formula is C13H19Cl2N5O. The van der Waals surface area contributed by atoms with Gasteiger partial charge in [-0.2, -0.15) is 0 Å². The molecule has 1 aliphatic rings. The number of nitrogens with zero attached hydrogens (tertiary/aromatic N) is 4. The molecule has 0 saturated carbocycles. The Morgan fingerprint density at radius 1 is 1.29 bits per heavy atom. The first-order valence-corrected chi connectivity index (χ1v) is 6.54. The van der Waals surface area contributed by atoms with Gasteiger partial charge in [0.2, 0.25) is 0 Å². The van der Waals surface area contributed by atoms with E-state index in [-0.39, 0.29) is 30.7 Å². The minimum absolute atomic E-state index is 0. The van der Waals surface area contributed by atoms with Gasteiger partial charge in [0, 0.05) is 43.9 Å². The van der Waals surface area contributed by atoms with Gasteiger partial charge >= 0.3 is 0 Å². The highest BCUT2D eigenvalue weighted by Gasteiger charge is 2.25. The van der Waals surface area contributed by atoms with E-state index < -0.39 is 0 Å². The molecule has 2 aromatic rings. The number of hydrogen-bond donors (Lipinski definition) is 1. The first-order valence-electron chi connectivity index (χ1n) is 6.54. The molecule has 1 atom stereocenters. The zero-order valence-electron chi connectivity index (χ0n) is 11.7. The summed E-state index contributed by atoms with van der Waals surface area (Å²) >= 11 is 0. The molecule has 3 rings (SSSR count). The zero-order chi connectivity index (χ0) is 13.2. The van der Waals surface area contributed by atoms with Crippen LogP contribution in [0.4, 0.5) is 0 Å². The Kier molecular flexibility index (Phi) is 6.39. The summed E-state index contributed by atoms with van der Waals surface area (Å²) in [6, 6.07) is 0.372. The highest BCUT2D eigenvalue weighted by atomic mass is 35.5. The summed E-state index contributed by atoms with van der Waals surface area (Å²) in [5.74, 6) is -0.0308. The molecule has 1 saturated heterocycles. The summed E-state index contributed by atoms with van der Waals surface area (Å²) in [4.78, 5) is 22.8. The van der Waals surface area contributed by atoms with Crippen LogP contribution in [0, 0.1) is 0 Å². The Morgan fingerprint density at radius 2 is 2.00 bits per heavy atom. The Bertz CT molecular complexity index is 603. The van der Waals surface area contributed by atoms with Gasteiger partial charge in [0.05, 0.1) is 0 Å². The van der Waals surface area contributed by atoms with Crippen molar-refractivity contribution in [2.24, 2.45) is 0 Å². The van der Waals surface area contributed by atoms with Gasteiger partial charge in [0.25, 0.3) is 5.91 Å². The predicted molar refractivity (Wildman–Crippen MR) is 85.5 cm³/mol. The summed E-state index contributed by atoms with van der Waals surface area (Å²) in [6.07, 6.45) is 9.07. The van der Waals surface area contributed by atoms with Crippen LogP contribution < -0.4 is 5.32 Å². The van der Waals surface area contributed by atoms with Crippen molar-refractivity contribution in [2.75, 3.05) is 20.1 Å². The number of piperidine rings is 1. The van der Waals surface area contributed by atoms with Crippen LogP contribution in [0.15, 0.2) is 24.8 Å². The van der Waals surface area contributed by atoms with Crippen LogP contribution in [0.25, 0.3) is 5.65 Å². The van der Waals surface area contributed by atoms with Crippen LogP contribution in [-0.4, -0.2) is 51.4 Å². The van der Waals surface area contributed by atoms with Crippen LogP contribution in [0.3, 0.4) is 0 Å². The number of carbonyl (C=O) groups excluding carboxylic acids is 1. The molecule has 1 amide bonds. The highest BCUT2D eigenvalue weighted by molar-refractivity contribution is 5.97. The molecule has 0 radical (unpaired) electrons. The van der Waals surface area contributed by atoms with Crippen molar-refractivity contribution in [3.05, 3.63) is 30.5 Å². The largest absolute Gasteiger partial charge is 0.336 e. The molecule has 0 bridgehead atoms. The van der Waals surface area contributed by atoms with Crippen LogP contribution in [-0.2, 0) is 0 Å². The van der Waals surface area contributed by atoms with Gasteiger partial charge < -0.3 is 14.6 Å². The van der Waals surface area contributed by atoms with Crippen molar-refractivity contribution in [3.8, 4) is 0 Å². The third-order valence-corrected chi connectivity index (χ3v) is 3.63. The van der Waals surface area contributed by atoms with E-state index in [1.807, 2.05) is 22.5 Å². The van der Waals surface area contributed by atoms with Gasteiger partial charge in [-0.3, -0.25) is 4.79 Å². The number of imidazole rings is 1. The van der Waals surface area contributed by atoms with Crippen molar-refractivity contribution >= 4 is 36.4 Å². The maximum absolute atomic E-state index is 12.6. The fraction of sp³-hybridized carbons (Fsp3) is 0.462. The maximum Gasteiger partial charge on any atom is 0.276 e. The molecule has 1 aliphatic heterocycles. The molecule has 1 N–H and O–H groups in total. The quantitative estimate of drug-likeness (QED) is 0.903. The van der Waals surface area contributed by atoms with E-state index in [4.69, 9.17) is 0 Å². The first kappa shape index (κ1) is 17.7. The van der Waals surface area contributed by atoms with E-state index in [1.54, 1.807) is 18.6 Å². The van der Waals surface area contributed by atoms with E-state index >= 15 is 0 Å². The van der Waals surface area contributed by atoms with Crippen molar-refractivity contribution in [1.82, 2.24) is 24.6 Å². The number of hydrogen-bond acceptors (Lipinski definition) is 4. The van der Waals surface area contributed by atoms with Gasteiger partial charge in [-0.15, -0.1) is 24.8 Å². The van der Waals surface area contributed by atoms with Crippen LogP contribution in [0.5, 0.6) is 0 Å². The lowest BCUT2D eigenvalue weighted by atomic mass is 10.1. The van der Waals surface area contributed by atoms with E-state index in [0.717, 1.165) is 25.9 Å². The lowest BCUT2D eigenvalue weighted by molar-refractivity contribution is 0.0693. The van der Waals surface area contributed by atoms with Crippen molar-refractivity contribution in [3.63, 3.8) is 0 Å². The molecule has 21 heavy (non-hydrogen) atoms. The molecule has 2 aromatic heterocycles. The first-order chi connectivity index (χ1) is 9.29. The number of fused-ring (bicyclic) bond motifs is 1. The van der Waals surface area contributed by atoms with Gasteiger partial charge in [0.1, 0.15) is 0 Å². The van der Waals surface area contributed by atoms with Gasteiger partial charge in [0.15, 0.2) is 11.3 Å². The number of amides is 1. The average molecular weight is 332 g/mol. The molecule has 1 unspecified atom stereocenters. The third-order valence-electron chi connectivity index (χ3n) is 3.63. The highest BCUT2D eigenvalue weighted by Crippen LogP contribution is 2.14. The average Bonchev–Trinajstić information content (AvgIpc) is 2.95. The minimum atomic E-state index is -0.0308. The normalized spacial score (nSPS) is 18.0. The molecule has 3 heterocycles. The van der Waals surface area contributed by atoms with E-state index in [0.29, 0.717) is 17.4 Å². The number of aromatic nitrogens is 3. The Hall–Kier alpha value is -1.37. The van der Waals surface area contributed by atoms with E-state index in [9.17, 15) is 4.79 Å². The number of nitrogens with one attached hydrogen (secondary N) is 1. The standard InChI is InChI=1S/C13H17N5O.2ClH/c1-14-10-3-2-6-18(9-10)13(19)11-12-16-5-8-17(12)7-4-15-11;;/h4-5,7-8,10,14H,2-3,6,9H2,1H3;2*1H. The van der Waals surface area contributed by atoms with Gasteiger partial charge in [-0.25, -0.2) is 9.97 Å². The Morgan fingerprint density at radius 3 is 2.71 bits per heavy atom. The SMILES string of the molecule is CNC1CCCN(C(=O)c2nccn3ccnc23)C1.Cl.Cl. The second-order valence-electron chi connectivity index (χ2n) is 4.81. The van der Waals surface area contributed by atoms with Crippen LogP contribution in [0.2, 0.25) is 0 Å². The molecular weight excluding hydrogens is 313 g/mol. The Balaban J connectivity index is 0.00000110. The molecule has 0 spiro atoms. The van der Waals surface area contributed by atoms with E-state index in [2.05, 4.69) is 15.3 Å². The zero-order valence-corrected chi connectivity index (χ0v) is 13.4. The Labute approximate surface area is 135 Å². The predicted octanol–water partition coefficient (Wildman–Crippen LogP) is 1.40. The van der Waals surface area contributed by atoms with Gasteiger partial charge in [-0.05, 0) is 19.9 Å². The topological polar surface area (TPSA) is 62.5 Å². The monoisotopic (exact) mass is 331 g/mol. The van der Waals surface area contributed by atoms with Crippen LogP contribution in [0.1, 0.15) is 23.3 Å². The third kappa shape index (κ3) is 3.45. The number of likely N-dealkylation sites (N-methyl/N-ethyl adjacent to an activating group) is 1.